The summed E-state index contributed by atoms with van der Waals surface area (Å²) in [5.41, 5.74) is 2.22. The second-order valence-electron chi connectivity index (χ2n) is 8.44. The van der Waals surface area contributed by atoms with Gasteiger partial charge in [-0.15, -0.1) is 16.4 Å². The number of thiazole rings is 1. The highest BCUT2D eigenvalue weighted by Gasteiger charge is 2.31. The zero-order valence-corrected chi connectivity index (χ0v) is 21.0. The van der Waals surface area contributed by atoms with Crippen molar-refractivity contribution >= 4 is 38.0 Å². The van der Waals surface area contributed by atoms with E-state index < -0.39 is 0 Å². The molecule has 4 heterocycles. The van der Waals surface area contributed by atoms with Gasteiger partial charge in [-0.1, -0.05) is 41.7 Å². The summed E-state index contributed by atoms with van der Waals surface area (Å²) in [5.74, 6) is 1.70. The van der Waals surface area contributed by atoms with E-state index in [4.69, 9.17) is 9.72 Å². The van der Waals surface area contributed by atoms with Gasteiger partial charge in [-0.2, -0.15) is 0 Å². The number of tetrazole rings is 1. The van der Waals surface area contributed by atoms with Crippen LogP contribution in [0.25, 0.3) is 10.2 Å². The highest BCUT2D eigenvalue weighted by Crippen LogP contribution is 2.33. The van der Waals surface area contributed by atoms with Gasteiger partial charge in [-0.3, -0.25) is 4.90 Å². The molecular formula is C25H25N7OS2. The van der Waals surface area contributed by atoms with Gasteiger partial charge in [0.05, 0.1) is 29.9 Å². The number of aromatic nitrogens is 5. The molecule has 1 aliphatic heterocycles. The zero-order valence-electron chi connectivity index (χ0n) is 19.3. The molecule has 0 N–H and O–H groups in total. The van der Waals surface area contributed by atoms with Crippen molar-refractivity contribution in [3.8, 4) is 5.75 Å². The van der Waals surface area contributed by atoms with Crippen LogP contribution in [0.2, 0.25) is 0 Å². The number of hydrogen-bond donors (Lipinski definition) is 0. The van der Waals surface area contributed by atoms with Crippen LogP contribution < -0.4 is 9.64 Å². The molecule has 0 unspecified atom stereocenters. The van der Waals surface area contributed by atoms with Crippen LogP contribution in [0.4, 0.5) is 5.13 Å². The minimum atomic E-state index is -0.0478. The average Bonchev–Trinajstić information content (AvgIpc) is 3.67. The van der Waals surface area contributed by atoms with Gasteiger partial charge in [0.1, 0.15) is 5.75 Å². The van der Waals surface area contributed by atoms with E-state index in [-0.39, 0.29) is 6.04 Å². The second kappa shape index (κ2) is 9.73. The first-order chi connectivity index (χ1) is 17.3. The Kier molecular flexibility index (Phi) is 6.15. The van der Waals surface area contributed by atoms with Gasteiger partial charge in [0.2, 0.25) is 0 Å². The Morgan fingerprint density at radius 1 is 0.971 bits per heavy atom. The molecule has 0 aliphatic carbocycles. The Balaban J connectivity index is 1.27. The van der Waals surface area contributed by atoms with E-state index in [2.05, 4.69) is 73.2 Å². The molecule has 3 aromatic heterocycles. The number of nitrogens with zero attached hydrogens (tertiary/aromatic N) is 7. The molecular weight excluding hydrogens is 478 g/mol. The predicted molar refractivity (Wildman–Crippen MR) is 139 cm³/mol. The van der Waals surface area contributed by atoms with Gasteiger partial charge >= 0.3 is 0 Å². The van der Waals surface area contributed by atoms with E-state index >= 15 is 0 Å². The zero-order chi connectivity index (χ0) is 23.6. The van der Waals surface area contributed by atoms with Crippen LogP contribution in [-0.2, 0) is 6.54 Å². The first-order valence-corrected chi connectivity index (χ1v) is 13.2. The van der Waals surface area contributed by atoms with E-state index in [0.29, 0.717) is 6.54 Å². The minimum absolute atomic E-state index is 0.0478. The minimum Gasteiger partial charge on any atom is -0.497 e. The Morgan fingerprint density at radius 3 is 2.54 bits per heavy atom. The summed E-state index contributed by atoms with van der Waals surface area (Å²) in [7, 11) is 1.69. The number of methoxy groups -OCH3 is 1. The molecule has 1 saturated heterocycles. The Hall–Kier alpha value is -3.34. The molecule has 0 amide bonds. The standard InChI is InChI=1S/C25H25N7OS2/c1-33-19-10-8-18(9-11-19)23(24-27-28-29-32(24)17-20-5-4-16-34-20)30-12-14-31(15-13-30)25-26-21-6-2-3-7-22(21)35-25/h2-11,16,23H,12-15,17H2,1H3/t23-/m0/s1. The number of rotatable bonds is 7. The van der Waals surface area contributed by atoms with Gasteiger partial charge in [0, 0.05) is 31.1 Å². The Morgan fingerprint density at radius 2 is 1.80 bits per heavy atom. The summed E-state index contributed by atoms with van der Waals surface area (Å²) >= 11 is 3.48. The second-order valence-corrected chi connectivity index (χ2v) is 10.5. The molecule has 1 atom stereocenters. The number of anilines is 1. The normalized spacial score (nSPS) is 15.5. The van der Waals surface area contributed by atoms with Crippen LogP contribution in [0.1, 0.15) is 22.3 Å². The average molecular weight is 504 g/mol. The Labute approximate surface area is 211 Å². The number of ether oxygens (including phenoxy) is 1. The monoisotopic (exact) mass is 503 g/mol. The number of piperazine rings is 1. The van der Waals surface area contributed by atoms with Crippen LogP contribution in [0.5, 0.6) is 5.75 Å². The van der Waals surface area contributed by atoms with Crippen molar-refractivity contribution < 1.29 is 4.74 Å². The topological polar surface area (TPSA) is 72.2 Å². The summed E-state index contributed by atoms with van der Waals surface area (Å²) in [6, 6.07) is 20.7. The summed E-state index contributed by atoms with van der Waals surface area (Å²) in [6.07, 6.45) is 0. The number of para-hydroxylation sites is 1. The maximum atomic E-state index is 5.40. The number of thiophene rings is 1. The van der Waals surface area contributed by atoms with E-state index in [1.54, 1.807) is 29.8 Å². The predicted octanol–water partition coefficient (Wildman–Crippen LogP) is 4.31. The van der Waals surface area contributed by atoms with Gasteiger partial charge in [-0.25, -0.2) is 9.67 Å². The van der Waals surface area contributed by atoms with E-state index in [1.165, 1.54) is 9.58 Å². The molecule has 0 saturated carbocycles. The van der Waals surface area contributed by atoms with E-state index in [0.717, 1.165) is 54.0 Å². The lowest BCUT2D eigenvalue weighted by atomic mass is 10.0. The molecule has 0 spiro atoms. The van der Waals surface area contributed by atoms with Crippen molar-refractivity contribution in [2.75, 3.05) is 38.2 Å². The van der Waals surface area contributed by atoms with Crippen LogP contribution in [0, 0.1) is 0 Å². The molecule has 0 bridgehead atoms. The van der Waals surface area contributed by atoms with Gasteiger partial charge in [-0.05, 0) is 51.7 Å². The molecule has 5 aromatic rings. The molecule has 1 fully saturated rings. The summed E-state index contributed by atoms with van der Waals surface area (Å²) in [6.45, 7) is 4.24. The lowest BCUT2D eigenvalue weighted by Gasteiger charge is -2.38. The fourth-order valence-electron chi connectivity index (χ4n) is 4.55. The number of fused-ring (bicyclic) bond motifs is 1. The maximum Gasteiger partial charge on any atom is 0.186 e. The molecule has 1 aliphatic rings. The van der Waals surface area contributed by atoms with Gasteiger partial charge in [0.25, 0.3) is 0 Å². The highest BCUT2D eigenvalue weighted by atomic mass is 32.1. The molecule has 6 rings (SSSR count). The van der Waals surface area contributed by atoms with Crippen molar-refractivity contribution in [2.45, 2.75) is 12.6 Å². The van der Waals surface area contributed by atoms with Crippen molar-refractivity contribution in [1.29, 1.82) is 0 Å². The summed E-state index contributed by atoms with van der Waals surface area (Å²) in [5, 5.41) is 16.1. The lowest BCUT2D eigenvalue weighted by molar-refractivity contribution is 0.201. The van der Waals surface area contributed by atoms with Crippen LogP contribution in [0.15, 0.2) is 66.0 Å². The third-order valence-electron chi connectivity index (χ3n) is 6.35. The summed E-state index contributed by atoms with van der Waals surface area (Å²) in [4.78, 5) is 11.0. The first kappa shape index (κ1) is 22.1. The van der Waals surface area contributed by atoms with Crippen molar-refractivity contribution in [1.82, 2.24) is 30.1 Å². The van der Waals surface area contributed by atoms with E-state index in [9.17, 15) is 0 Å². The molecule has 178 valence electrons. The van der Waals surface area contributed by atoms with Crippen LogP contribution in [-0.4, -0.2) is 63.4 Å². The fourth-order valence-corrected chi connectivity index (χ4v) is 6.25. The SMILES string of the molecule is COc1ccc([C@@H](c2nnnn2Cc2cccs2)N2CCN(c3nc4ccccc4s3)CC2)cc1. The highest BCUT2D eigenvalue weighted by molar-refractivity contribution is 7.22. The Bertz CT molecular complexity index is 1360. The number of hydrogen-bond acceptors (Lipinski definition) is 9. The largest absolute Gasteiger partial charge is 0.497 e. The molecule has 2 aromatic carbocycles. The molecule has 0 radical (unpaired) electrons. The quantitative estimate of drug-likeness (QED) is 0.328. The third-order valence-corrected chi connectivity index (χ3v) is 8.31. The molecule has 8 nitrogen and oxygen atoms in total. The smallest absolute Gasteiger partial charge is 0.186 e. The lowest BCUT2D eigenvalue weighted by Crippen LogP contribution is -2.48. The van der Waals surface area contributed by atoms with Crippen LogP contribution >= 0.6 is 22.7 Å². The summed E-state index contributed by atoms with van der Waals surface area (Å²) < 4.78 is 8.56. The fraction of sp³-hybridized carbons (Fsp3) is 0.280. The van der Waals surface area contributed by atoms with Gasteiger partial charge < -0.3 is 9.64 Å². The molecule has 10 heteroatoms. The molecule has 35 heavy (non-hydrogen) atoms. The maximum absolute atomic E-state index is 5.40. The number of benzene rings is 2. The van der Waals surface area contributed by atoms with Crippen molar-refractivity contribution in [3.05, 3.63) is 82.3 Å². The van der Waals surface area contributed by atoms with Gasteiger partial charge in [0.15, 0.2) is 11.0 Å². The van der Waals surface area contributed by atoms with Crippen LogP contribution in [0.3, 0.4) is 0 Å². The first-order valence-electron chi connectivity index (χ1n) is 11.6. The van der Waals surface area contributed by atoms with Crippen molar-refractivity contribution in [2.24, 2.45) is 0 Å². The third kappa shape index (κ3) is 4.52. The van der Waals surface area contributed by atoms with Crippen molar-refractivity contribution in [3.63, 3.8) is 0 Å². The van der Waals surface area contributed by atoms with E-state index in [1.807, 2.05) is 22.9 Å².